The van der Waals surface area contributed by atoms with Crippen molar-refractivity contribution in [1.82, 2.24) is 0 Å². The Morgan fingerprint density at radius 3 is 2.30 bits per heavy atom. The molecule has 10 heavy (non-hydrogen) atoms. The molecule has 0 fully saturated rings. The second kappa shape index (κ2) is 9.77. The molecule has 0 unspecified atom stereocenters. The van der Waals surface area contributed by atoms with Gasteiger partial charge in [0.05, 0.1) is 0 Å². The molecule has 0 aromatic carbocycles. The van der Waals surface area contributed by atoms with Gasteiger partial charge in [-0.2, -0.15) is 6.08 Å². The second-order valence-corrected chi connectivity index (χ2v) is 1.66. The van der Waals surface area contributed by atoms with Crippen molar-refractivity contribution in [3.8, 4) is 0 Å². The fourth-order valence-electron chi connectivity index (χ4n) is 0.693. The summed E-state index contributed by atoms with van der Waals surface area (Å²) in [6, 6.07) is 0. The van der Waals surface area contributed by atoms with Gasteiger partial charge in [0.25, 0.3) is 0 Å². The Hall–Kier alpha value is 0.774. The summed E-state index contributed by atoms with van der Waals surface area (Å²) < 4.78 is 0. The first-order chi connectivity index (χ1) is 3.43. The average Bonchev–Trinajstić information content (AvgIpc) is 2.14. The molecule has 0 atom stereocenters. The maximum absolute atomic E-state index is 3.21. The van der Waals surface area contributed by atoms with E-state index in [1.807, 2.05) is 0 Å². The number of rotatable bonds is 1. The molecule has 1 rings (SSSR count). The van der Waals surface area contributed by atoms with E-state index < -0.39 is 0 Å². The van der Waals surface area contributed by atoms with Crippen molar-refractivity contribution in [3.63, 3.8) is 0 Å². The first-order valence-corrected chi connectivity index (χ1v) is 2.69. The minimum Gasteiger partial charge on any atom is -0.270 e. The molecule has 0 spiro atoms. The van der Waals surface area contributed by atoms with Gasteiger partial charge in [0.15, 0.2) is 0 Å². The van der Waals surface area contributed by atoms with Crippen molar-refractivity contribution in [2.45, 2.75) is 19.8 Å². The van der Waals surface area contributed by atoms with Crippen LogP contribution < -0.4 is 0 Å². The van der Waals surface area contributed by atoms with Crippen LogP contribution in [0.25, 0.3) is 0 Å². The molecular weight excluding hydrogens is 203 g/mol. The number of hydrogen-bond acceptors (Lipinski definition) is 0. The Morgan fingerprint density at radius 2 is 2.10 bits per heavy atom. The van der Waals surface area contributed by atoms with Crippen molar-refractivity contribution < 1.29 is 21.7 Å². The summed E-state index contributed by atoms with van der Waals surface area (Å²) in [5.41, 5.74) is 1.36. The quantitative estimate of drug-likeness (QED) is 0.464. The van der Waals surface area contributed by atoms with Crippen LogP contribution in [0.3, 0.4) is 0 Å². The third kappa shape index (κ3) is 5.55. The maximum atomic E-state index is 3.21. The van der Waals surface area contributed by atoms with Crippen LogP contribution in [0, 0.1) is 6.08 Å². The van der Waals surface area contributed by atoms with Crippen LogP contribution in [-0.4, -0.2) is 0 Å². The van der Waals surface area contributed by atoms with Crippen LogP contribution in [0.2, 0.25) is 0 Å². The van der Waals surface area contributed by atoms with Crippen LogP contribution in [0.15, 0.2) is 17.7 Å². The molecule has 1 aliphatic carbocycles. The number of allylic oxidation sites excluding steroid dienone is 4. The van der Waals surface area contributed by atoms with Crippen LogP contribution in [0.5, 0.6) is 0 Å². The summed E-state index contributed by atoms with van der Waals surface area (Å²) in [5, 5.41) is 0. The molecule has 1 aliphatic rings. The molecule has 0 radical (unpaired) electrons. The van der Waals surface area contributed by atoms with Gasteiger partial charge in [-0.1, -0.05) is 13.3 Å². The van der Waals surface area contributed by atoms with Gasteiger partial charge in [0, 0.05) is 21.7 Å². The minimum atomic E-state index is 0. The van der Waals surface area contributed by atoms with E-state index in [1.165, 1.54) is 5.57 Å². The molecule has 0 saturated heterocycles. The molecule has 0 aromatic heterocycles. The molecule has 0 amide bonds. The maximum Gasteiger partial charge on any atom is 0 e. The number of hydrogen-bond donors (Lipinski definition) is 0. The van der Waals surface area contributed by atoms with Crippen LogP contribution in [-0.2, 0) is 21.7 Å². The van der Waals surface area contributed by atoms with Gasteiger partial charge in [0.1, 0.15) is 0 Å². The van der Waals surface area contributed by atoms with Gasteiger partial charge in [0.2, 0.25) is 0 Å². The smallest absolute Gasteiger partial charge is 0 e. The van der Waals surface area contributed by atoms with Crippen LogP contribution >= 0.6 is 24.8 Å². The molecule has 58 valence electrons. The SMILES string of the molecule is CCC1=[C-]CC=C1.Cl.Cl.[Ti]. The Labute approximate surface area is 89.9 Å². The van der Waals surface area contributed by atoms with Gasteiger partial charge in [-0.15, -0.1) is 31.2 Å². The molecule has 0 saturated carbocycles. The zero-order valence-corrected chi connectivity index (χ0v) is 9.08. The fourth-order valence-corrected chi connectivity index (χ4v) is 0.693. The summed E-state index contributed by atoms with van der Waals surface area (Å²) in [6.45, 7) is 2.15. The second-order valence-electron chi connectivity index (χ2n) is 1.66. The number of halogens is 2. The van der Waals surface area contributed by atoms with E-state index in [-0.39, 0.29) is 46.5 Å². The van der Waals surface area contributed by atoms with E-state index in [0.717, 1.165) is 12.8 Å². The Balaban J connectivity index is -0.000000163. The van der Waals surface area contributed by atoms with Crippen molar-refractivity contribution >= 4 is 24.8 Å². The van der Waals surface area contributed by atoms with E-state index in [2.05, 4.69) is 25.2 Å². The van der Waals surface area contributed by atoms with E-state index in [0.29, 0.717) is 0 Å². The first kappa shape index (κ1) is 17.0. The van der Waals surface area contributed by atoms with Crippen molar-refractivity contribution in [2.24, 2.45) is 0 Å². The first-order valence-electron chi connectivity index (χ1n) is 2.69. The van der Waals surface area contributed by atoms with Crippen LogP contribution in [0.4, 0.5) is 0 Å². The molecule has 0 bridgehead atoms. The summed E-state index contributed by atoms with van der Waals surface area (Å²) in [7, 11) is 0. The molecule has 0 heterocycles. The summed E-state index contributed by atoms with van der Waals surface area (Å²) in [5.74, 6) is 0. The predicted octanol–water partition coefficient (Wildman–Crippen LogP) is 2.93. The van der Waals surface area contributed by atoms with Crippen molar-refractivity contribution in [2.75, 3.05) is 0 Å². The monoisotopic (exact) mass is 213 g/mol. The predicted molar refractivity (Wildman–Crippen MR) is 45.3 cm³/mol. The molecule has 0 aliphatic heterocycles. The summed E-state index contributed by atoms with van der Waals surface area (Å²) in [6.07, 6.45) is 9.65. The van der Waals surface area contributed by atoms with E-state index >= 15 is 0 Å². The van der Waals surface area contributed by atoms with Crippen LogP contribution in [0.1, 0.15) is 19.8 Å². The standard InChI is InChI=1S/C7H9.2ClH.Ti/c1-2-7-5-3-4-6-7;;;/h3,5H,2,4H2,1H3;2*1H;/q-1;;;. The zero-order chi connectivity index (χ0) is 5.11. The Kier molecular flexibility index (Phi) is 16.6. The molecular formula is C7H11Cl2Ti-. The Morgan fingerprint density at radius 1 is 1.50 bits per heavy atom. The Bertz CT molecular complexity index is 119. The fraction of sp³-hybridized carbons (Fsp3) is 0.429. The third-order valence-corrected chi connectivity index (χ3v) is 1.15. The van der Waals surface area contributed by atoms with Gasteiger partial charge >= 0.3 is 0 Å². The van der Waals surface area contributed by atoms with Gasteiger partial charge in [-0.3, -0.25) is 6.08 Å². The summed E-state index contributed by atoms with van der Waals surface area (Å²) in [4.78, 5) is 0. The average molecular weight is 214 g/mol. The largest absolute Gasteiger partial charge is 0.270 e. The van der Waals surface area contributed by atoms with E-state index in [9.17, 15) is 0 Å². The molecule has 0 aromatic rings. The topological polar surface area (TPSA) is 0 Å². The molecule has 0 nitrogen and oxygen atoms in total. The molecule has 0 N–H and O–H groups in total. The van der Waals surface area contributed by atoms with Crippen molar-refractivity contribution in [3.05, 3.63) is 23.8 Å². The van der Waals surface area contributed by atoms with Gasteiger partial charge < -0.3 is 0 Å². The van der Waals surface area contributed by atoms with E-state index in [4.69, 9.17) is 0 Å². The van der Waals surface area contributed by atoms with E-state index in [1.54, 1.807) is 0 Å². The minimum absolute atomic E-state index is 0. The summed E-state index contributed by atoms with van der Waals surface area (Å²) >= 11 is 0. The normalized spacial score (nSPS) is 12.3. The van der Waals surface area contributed by atoms with Gasteiger partial charge in [-0.25, -0.2) is 11.6 Å². The van der Waals surface area contributed by atoms with Gasteiger partial charge in [-0.05, 0) is 0 Å². The third-order valence-electron chi connectivity index (χ3n) is 1.15. The zero-order valence-electron chi connectivity index (χ0n) is 5.89. The van der Waals surface area contributed by atoms with Crippen molar-refractivity contribution in [1.29, 1.82) is 0 Å². The molecule has 3 heteroatoms.